The number of hydrogen-bond acceptors (Lipinski definition) is 8. The van der Waals surface area contributed by atoms with Crippen LogP contribution >= 0.6 is 11.8 Å². The molecule has 0 fully saturated rings. The van der Waals surface area contributed by atoms with Crippen molar-refractivity contribution < 1.29 is 29.1 Å². The van der Waals surface area contributed by atoms with Gasteiger partial charge in [0.05, 0.1) is 6.04 Å². The van der Waals surface area contributed by atoms with Crippen LogP contribution in [0, 0.1) is 0 Å². The molecule has 0 aliphatic carbocycles. The normalized spacial score (nSPS) is 14.1. The maximum Gasteiger partial charge on any atom is 0.326 e. The minimum Gasteiger partial charge on any atom is -0.480 e. The van der Waals surface area contributed by atoms with Crippen LogP contribution in [0.1, 0.15) is 39.0 Å². The van der Waals surface area contributed by atoms with Gasteiger partial charge in [0.25, 0.3) is 0 Å². The van der Waals surface area contributed by atoms with Crippen molar-refractivity contribution in [2.75, 3.05) is 18.6 Å². The summed E-state index contributed by atoms with van der Waals surface area (Å²) in [5, 5.41) is 16.5. The van der Waals surface area contributed by atoms with Crippen molar-refractivity contribution in [1.29, 1.82) is 0 Å². The minimum absolute atomic E-state index is 0.0721. The smallest absolute Gasteiger partial charge is 0.326 e. The van der Waals surface area contributed by atoms with Crippen molar-refractivity contribution in [1.82, 2.24) is 16.0 Å². The van der Waals surface area contributed by atoms with Gasteiger partial charge in [0.15, 0.2) is 5.96 Å². The molecule has 0 saturated carbocycles. The van der Waals surface area contributed by atoms with E-state index in [0.717, 1.165) is 0 Å². The molecule has 15 heteroatoms. The standard InChI is InChI=1S/C19H36N8O6S/c1-10(25-16(30)11(20)4-3-8-24-19(22)23)15(29)26-12(5-6-14(21)28)17(31)27-13(18(32)33)7-9-34-2/h10-13H,3-9,20H2,1-2H3,(H2,21,28)(H,25,30)(H,26,29)(H,27,31)(H,32,33)(H4,22,23,24). The molecular weight excluding hydrogens is 468 g/mol. The molecule has 0 heterocycles. The van der Waals surface area contributed by atoms with Gasteiger partial charge < -0.3 is 44.0 Å². The molecule has 4 atom stereocenters. The van der Waals surface area contributed by atoms with Gasteiger partial charge in [-0.3, -0.25) is 24.2 Å². The average molecular weight is 505 g/mol. The fourth-order valence-electron chi connectivity index (χ4n) is 2.65. The number of primary amides is 1. The van der Waals surface area contributed by atoms with Crippen LogP contribution in [0.25, 0.3) is 0 Å². The summed E-state index contributed by atoms with van der Waals surface area (Å²) in [5.74, 6) is -3.59. The topological polar surface area (TPSA) is 258 Å². The maximum absolute atomic E-state index is 12.6. The average Bonchev–Trinajstić information content (AvgIpc) is 2.75. The van der Waals surface area contributed by atoms with Gasteiger partial charge in [0.1, 0.15) is 18.1 Å². The van der Waals surface area contributed by atoms with Crippen LogP contribution < -0.4 is 38.9 Å². The van der Waals surface area contributed by atoms with Crippen LogP contribution in [-0.2, 0) is 24.0 Å². The lowest BCUT2D eigenvalue weighted by Crippen LogP contribution is -2.56. The predicted molar refractivity (Wildman–Crippen MR) is 128 cm³/mol. The highest BCUT2D eigenvalue weighted by Crippen LogP contribution is 2.05. The fraction of sp³-hybridized carbons (Fsp3) is 0.684. The number of nitrogens with one attached hydrogen (secondary N) is 3. The van der Waals surface area contributed by atoms with Gasteiger partial charge in [-0.25, -0.2) is 4.79 Å². The molecule has 34 heavy (non-hydrogen) atoms. The number of nitrogens with two attached hydrogens (primary N) is 4. The summed E-state index contributed by atoms with van der Waals surface area (Å²) in [6.45, 7) is 1.69. The van der Waals surface area contributed by atoms with Gasteiger partial charge in [-0.1, -0.05) is 0 Å². The third kappa shape index (κ3) is 13.5. The van der Waals surface area contributed by atoms with Crippen molar-refractivity contribution in [2.45, 2.75) is 63.2 Å². The zero-order valence-corrected chi connectivity index (χ0v) is 20.2. The zero-order chi connectivity index (χ0) is 26.3. The van der Waals surface area contributed by atoms with E-state index in [1.165, 1.54) is 18.7 Å². The highest BCUT2D eigenvalue weighted by atomic mass is 32.2. The molecule has 194 valence electrons. The number of carbonyl (C=O) groups excluding carboxylic acids is 4. The molecule has 0 rings (SSSR count). The Labute approximate surface area is 202 Å². The van der Waals surface area contributed by atoms with E-state index in [-0.39, 0.29) is 31.6 Å². The summed E-state index contributed by atoms with van der Waals surface area (Å²) in [4.78, 5) is 63.8. The Morgan fingerprint density at radius 3 is 2.06 bits per heavy atom. The van der Waals surface area contributed by atoms with Gasteiger partial charge in [-0.05, 0) is 44.6 Å². The van der Waals surface area contributed by atoms with Crippen molar-refractivity contribution in [2.24, 2.45) is 27.9 Å². The second-order valence-corrected chi connectivity index (χ2v) is 8.52. The van der Waals surface area contributed by atoms with E-state index in [0.29, 0.717) is 18.7 Å². The van der Waals surface area contributed by atoms with Crippen LogP contribution in [-0.4, -0.2) is 83.4 Å². The first-order valence-corrected chi connectivity index (χ1v) is 12.0. The van der Waals surface area contributed by atoms with Crippen LogP contribution in [0.2, 0.25) is 0 Å². The predicted octanol–water partition coefficient (Wildman–Crippen LogP) is -3.06. The van der Waals surface area contributed by atoms with E-state index in [1.54, 1.807) is 6.26 Å². The first kappa shape index (κ1) is 30.9. The molecule has 0 aliphatic rings. The van der Waals surface area contributed by atoms with Gasteiger partial charge in [-0.15, -0.1) is 0 Å². The summed E-state index contributed by atoms with van der Waals surface area (Å²) in [6.07, 6.45) is 2.32. The number of nitrogens with zero attached hydrogens (tertiary/aromatic N) is 1. The van der Waals surface area contributed by atoms with E-state index in [9.17, 15) is 29.1 Å². The Hall–Kier alpha value is -3.07. The number of amides is 4. The largest absolute Gasteiger partial charge is 0.480 e. The monoisotopic (exact) mass is 504 g/mol. The van der Waals surface area contributed by atoms with Gasteiger partial charge in [0, 0.05) is 13.0 Å². The molecule has 0 saturated heterocycles. The van der Waals surface area contributed by atoms with E-state index < -0.39 is 53.8 Å². The third-order valence-electron chi connectivity index (χ3n) is 4.59. The van der Waals surface area contributed by atoms with Crippen molar-refractivity contribution in [3.63, 3.8) is 0 Å². The number of aliphatic carboxylic acids is 1. The molecule has 0 radical (unpaired) electrons. The highest BCUT2D eigenvalue weighted by Gasteiger charge is 2.28. The Bertz CT molecular complexity index is 746. The molecule has 0 aromatic carbocycles. The number of aliphatic imine (C=N–C) groups is 1. The number of guanidine groups is 1. The molecule has 4 amide bonds. The lowest BCUT2D eigenvalue weighted by atomic mass is 10.1. The SMILES string of the molecule is CSCCC(NC(=O)C(CCC(N)=O)NC(=O)C(C)NC(=O)C(N)CCCN=C(N)N)C(=O)O. The first-order chi connectivity index (χ1) is 15.9. The lowest BCUT2D eigenvalue weighted by Gasteiger charge is -2.23. The van der Waals surface area contributed by atoms with Crippen LogP contribution in [0.5, 0.6) is 0 Å². The summed E-state index contributed by atoms with van der Waals surface area (Å²) < 4.78 is 0. The number of rotatable bonds is 17. The lowest BCUT2D eigenvalue weighted by molar-refractivity contribution is -0.142. The summed E-state index contributed by atoms with van der Waals surface area (Å²) >= 11 is 1.41. The molecular formula is C19H36N8O6S. The third-order valence-corrected chi connectivity index (χ3v) is 5.24. The number of carboxylic acid groups (broad SMARTS) is 1. The highest BCUT2D eigenvalue weighted by molar-refractivity contribution is 7.98. The summed E-state index contributed by atoms with van der Waals surface area (Å²) in [6, 6.07) is -4.37. The van der Waals surface area contributed by atoms with E-state index in [2.05, 4.69) is 20.9 Å². The van der Waals surface area contributed by atoms with Gasteiger partial charge in [0.2, 0.25) is 23.6 Å². The van der Waals surface area contributed by atoms with Crippen LogP contribution in [0.15, 0.2) is 4.99 Å². The Balaban J connectivity index is 5.02. The fourth-order valence-corrected chi connectivity index (χ4v) is 3.13. The molecule has 0 aromatic heterocycles. The van der Waals surface area contributed by atoms with Crippen LogP contribution in [0.4, 0.5) is 0 Å². The first-order valence-electron chi connectivity index (χ1n) is 10.6. The van der Waals surface area contributed by atoms with Gasteiger partial charge in [-0.2, -0.15) is 11.8 Å². The quantitative estimate of drug-likeness (QED) is 0.0563. The number of hydrogen-bond donors (Lipinski definition) is 8. The number of carboxylic acids is 1. The number of carbonyl (C=O) groups is 5. The minimum atomic E-state index is -1.23. The van der Waals surface area contributed by atoms with Gasteiger partial charge >= 0.3 is 5.97 Å². The van der Waals surface area contributed by atoms with E-state index in [4.69, 9.17) is 22.9 Å². The summed E-state index contributed by atoms with van der Waals surface area (Å²) in [5.41, 5.74) is 21.4. The number of thioether (sulfide) groups is 1. The summed E-state index contributed by atoms with van der Waals surface area (Å²) in [7, 11) is 0. The Kier molecular flexibility index (Phi) is 15.0. The Morgan fingerprint density at radius 1 is 0.912 bits per heavy atom. The van der Waals surface area contributed by atoms with Crippen molar-refractivity contribution >= 4 is 47.3 Å². The molecule has 12 N–H and O–H groups in total. The van der Waals surface area contributed by atoms with Crippen molar-refractivity contribution in [3.8, 4) is 0 Å². The molecule has 0 spiro atoms. The second kappa shape index (κ2) is 16.5. The van der Waals surface area contributed by atoms with Crippen LogP contribution in [0.3, 0.4) is 0 Å². The molecule has 0 aliphatic heterocycles. The Morgan fingerprint density at radius 2 is 1.53 bits per heavy atom. The second-order valence-electron chi connectivity index (χ2n) is 7.53. The maximum atomic E-state index is 12.6. The molecule has 0 aromatic rings. The van der Waals surface area contributed by atoms with E-state index >= 15 is 0 Å². The molecule has 4 unspecified atom stereocenters. The molecule has 0 bridgehead atoms. The zero-order valence-electron chi connectivity index (χ0n) is 19.4. The van der Waals surface area contributed by atoms with E-state index in [1.807, 2.05) is 0 Å². The molecule has 14 nitrogen and oxygen atoms in total. The van der Waals surface area contributed by atoms with Crippen molar-refractivity contribution in [3.05, 3.63) is 0 Å².